The molecule has 0 saturated carbocycles. The van der Waals surface area contributed by atoms with Crippen LogP contribution in [-0.4, -0.2) is 48.2 Å². The molecule has 0 aliphatic carbocycles. The van der Waals surface area contributed by atoms with Crippen molar-refractivity contribution in [2.75, 3.05) is 20.3 Å². The standard InChI is InChI=1S/C15H15NO4/c1-16(13-10-20-9-12(13)15(18)19)14(17)8-7-11-5-3-2-4-6-11/h2-6,12-13H,9-10H2,1H3,(H,18,19). The van der Waals surface area contributed by atoms with Gasteiger partial charge in [-0.1, -0.05) is 24.1 Å². The Morgan fingerprint density at radius 1 is 1.30 bits per heavy atom. The van der Waals surface area contributed by atoms with Crippen LogP contribution in [0.2, 0.25) is 0 Å². The zero-order valence-corrected chi connectivity index (χ0v) is 11.1. The van der Waals surface area contributed by atoms with Gasteiger partial charge in [-0.2, -0.15) is 0 Å². The molecule has 1 saturated heterocycles. The lowest BCUT2D eigenvalue weighted by Gasteiger charge is -2.24. The van der Waals surface area contributed by atoms with E-state index in [0.717, 1.165) is 5.56 Å². The monoisotopic (exact) mass is 273 g/mol. The largest absolute Gasteiger partial charge is 0.481 e. The molecule has 104 valence electrons. The van der Waals surface area contributed by atoms with Gasteiger partial charge in [-0.05, 0) is 12.1 Å². The van der Waals surface area contributed by atoms with Crippen molar-refractivity contribution < 1.29 is 19.4 Å². The van der Waals surface area contributed by atoms with E-state index in [0.29, 0.717) is 0 Å². The minimum atomic E-state index is -0.955. The fourth-order valence-electron chi connectivity index (χ4n) is 2.05. The highest BCUT2D eigenvalue weighted by Gasteiger charge is 2.38. The third-order valence-electron chi connectivity index (χ3n) is 3.27. The Kier molecular flexibility index (Phi) is 4.38. The van der Waals surface area contributed by atoms with Crippen molar-refractivity contribution in [2.24, 2.45) is 5.92 Å². The molecule has 20 heavy (non-hydrogen) atoms. The molecule has 1 heterocycles. The zero-order valence-electron chi connectivity index (χ0n) is 11.1. The van der Waals surface area contributed by atoms with Crippen molar-refractivity contribution in [3.8, 4) is 11.8 Å². The van der Waals surface area contributed by atoms with Crippen LogP contribution in [0.15, 0.2) is 30.3 Å². The number of aliphatic carboxylic acids is 1. The first-order valence-electron chi connectivity index (χ1n) is 6.24. The Balaban J connectivity index is 2.06. The maximum absolute atomic E-state index is 12.0. The molecule has 0 bridgehead atoms. The van der Waals surface area contributed by atoms with Crippen LogP contribution in [0.3, 0.4) is 0 Å². The molecule has 1 aliphatic rings. The van der Waals surface area contributed by atoms with Crippen molar-refractivity contribution in [3.05, 3.63) is 35.9 Å². The highest BCUT2D eigenvalue weighted by molar-refractivity contribution is 5.94. The summed E-state index contributed by atoms with van der Waals surface area (Å²) in [4.78, 5) is 24.4. The molecule has 5 nitrogen and oxygen atoms in total. The lowest BCUT2D eigenvalue weighted by atomic mass is 10.0. The van der Waals surface area contributed by atoms with Gasteiger partial charge in [0, 0.05) is 18.5 Å². The summed E-state index contributed by atoms with van der Waals surface area (Å²) in [6.07, 6.45) is 0. The minimum Gasteiger partial charge on any atom is -0.481 e. The van der Waals surface area contributed by atoms with Crippen molar-refractivity contribution in [1.82, 2.24) is 4.90 Å². The van der Waals surface area contributed by atoms with Crippen LogP contribution in [0.1, 0.15) is 5.56 Å². The minimum absolute atomic E-state index is 0.129. The lowest BCUT2D eigenvalue weighted by molar-refractivity contribution is -0.143. The van der Waals surface area contributed by atoms with Gasteiger partial charge >= 0.3 is 5.97 Å². The summed E-state index contributed by atoms with van der Waals surface area (Å²) in [5, 5.41) is 9.07. The highest BCUT2D eigenvalue weighted by Crippen LogP contribution is 2.18. The van der Waals surface area contributed by atoms with Gasteiger partial charge in [0.15, 0.2) is 0 Å². The summed E-state index contributed by atoms with van der Waals surface area (Å²) in [6.45, 7) is 0.357. The van der Waals surface area contributed by atoms with Crippen LogP contribution in [0.4, 0.5) is 0 Å². The maximum Gasteiger partial charge on any atom is 0.311 e. The van der Waals surface area contributed by atoms with Crippen molar-refractivity contribution in [2.45, 2.75) is 6.04 Å². The molecule has 1 aromatic carbocycles. The van der Waals surface area contributed by atoms with E-state index in [1.54, 1.807) is 19.2 Å². The van der Waals surface area contributed by atoms with E-state index in [1.165, 1.54) is 4.90 Å². The summed E-state index contributed by atoms with van der Waals surface area (Å²) in [6, 6.07) is 8.68. The quantitative estimate of drug-likeness (QED) is 0.801. The number of nitrogens with zero attached hydrogens (tertiary/aromatic N) is 1. The molecular formula is C15H15NO4. The van der Waals surface area contributed by atoms with Crippen LogP contribution < -0.4 is 0 Å². The number of likely N-dealkylation sites (N-methyl/N-ethyl adjacent to an activating group) is 1. The van der Waals surface area contributed by atoms with Crippen LogP contribution in [0, 0.1) is 17.8 Å². The van der Waals surface area contributed by atoms with E-state index >= 15 is 0 Å². The smallest absolute Gasteiger partial charge is 0.311 e. The fourth-order valence-corrected chi connectivity index (χ4v) is 2.05. The summed E-state index contributed by atoms with van der Waals surface area (Å²) in [7, 11) is 1.55. The van der Waals surface area contributed by atoms with Crippen LogP contribution >= 0.6 is 0 Å². The Hall–Kier alpha value is -2.32. The van der Waals surface area contributed by atoms with E-state index in [9.17, 15) is 9.59 Å². The average Bonchev–Trinajstić information content (AvgIpc) is 2.94. The van der Waals surface area contributed by atoms with Gasteiger partial charge in [0.25, 0.3) is 5.91 Å². The van der Waals surface area contributed by atoms with E-state index in [-0.39, 0.29) is 13.2 Å². The number of benzene rings is 1. The lowest BCUT2D eigenvalue weighted by Crippen LogP contribution is -2.43. The Labute approximate surface area is 117 Å². The van der Waals surface area contributed by atoms with Crippen molar-refractivity contribution in [1.29, 1.82) is 0 Å². The van der Waals surface area contributed by atoms with E-state index < -0.39 is 23.8 Å². The second kappa shape index (κ2) is 6.22. The van der Waals surface area contributed by atoms with Crippen LogP contribution in [-0.2, 0) is 14.3 Å². The third kappa shape index (κ3) is 3.16. The number of amides is 1. The van der Waals surface area contributed by atoms with Crippen LogP contribution in [0.25, 0.3) is 0 Å². The number of ether oxygens (including phenoxy) is 1. The maximum atomic E-state index is 12.0. The first-order valence-corrected chi connectivity index (χ1v) is 6.24. The Morgan fingerprint density at radius 3 is 2.65 bits per heavy atom. The zero-order chi connectivity index (χ0) is 14.5. The van der Waals surface area contributed by atoms with Gasteiger partial charge in [-0.15, -0.1) is 0 Å². The summed E-state index contributed by atoms with van der Waals surface area (Å²) in [5.74, 6) is 3.23. The van der Waals surface area contributed by atoms with Crippen molar-refractivity contribution in [3.63, 3.8) is 0 Å². The topological polar surface area (TPSA) is 66.8 Å². The highest BCUT2D eigenvalue weighted by atomic mass is 16.5. The Morgan fingerprint density at radius 2 is 2.00 bits per heavy atom. The molecule has 1 amide bonds. The predicted molar refractivity (Wildman–Crippen MR) is 71.8 cm³/mol. The number of carboxylic acid groups (broad SMARTS) is 1. The second-order valence-electron chi connectivity index (χ2n) is 4.58. The van der Waals surface area contributed by atoms with E-state index in [4.69, 9.17) is 9.84 Å². The first kappa shape index (κ1) is 14.1. The summed E-state index contributed by atoms with van der Waals surface area (Å²) < 4.78 is 5.14. The fraction of sp³-hybridized carbons (Fsp3) is 0.333. The molecule has 1 fully saturated rings. The number of carboxylic acids is 1. The van der Waals surface area contributed by atoms with Gasteiger partial charge in [-0.25, -0.2) is 0 Å². The van der Waals surface area contributed by atoms with Gasteiger partial charge in [-0.3, -0.25) is 9.59 Å². The first-order chi connectivity index (χ1) is 9.59. The van der Waals surface area contributed by atoms with Gasteiger partial charge in [0.05, 0.1) is 19.3 Å². The molecule has 2 rings (SSSR count). The number of hydrogen-bond donors (Lipinski definition) is 1. The molecule has 1 aromatic rings. The average molecular weight is 273 g/mol. The number of hydrogen-bond acceptors (Lipinski definition) is 3. The summed E-state index contributed by atoms with van der Waals surface area (Å²) >= 11 is 0. The molecule has 2 atom stereocenters. The molecule has 2 unspecified atom stereocenters. The summed E-state index contributed by atoms with van der Waals surface area (Å²) in [5.41, 5.74) is 0.742. The number of carbonyl (C=O) groups excluding carboxylic acids is 1. The number of rotatable bonds is 2. The van der Waals surface area contributed by atoms with Gasteiger partial charge in [0.2, 0.25) is 0 Å². The number of carbonyl (C=O) groups is 2. The SMILES string of the molecule is CN(C(=O)C#Cc1ccccc1)C1COCC1C(=O)O. The third-order valence-corrected chi connectivity index (χ3v) is 3.27. The Bertz CT molecular complexity index is 558. The van der Waals surface area contributed by atoms with Crippen molar-refractivity contribution >= 4 is 11.9 Å². The predicted octanol–water partition coefficient (Wildman–Crippen LogP) is 0.596. The molecule has 0 aromatic heterocycles. The molecule has 5 heteroatoms. The molecule has 0 radical (unpaired) electrons. The van der Waals surface area contributed by atoms with E-state index in [1.807, 2.05) is 18.2 Å². The second-order valence-corrected chi connectivity index (χ2v) is 4.58. The van der Waals surface area contributed by atoms with Gasteiger partial charge in [0.1, 0.15) is 5.92 Å². The van der Waals surface area contributed by atoms with Crippen LogP contribution in [0.5, 0.6) is 0 Å². The van der Waals surface area contributed by atoms with E-state index in [2.05, 4.69) is 11.8 Å². The molecule has 0 spiro atoms. The molecular weight excluding hydrogens is 258 g/mol. The molecule has 1 aliphatic heterocycles. The molecule has 1 N–H and O–H groups in total. The normalized spacial score (nSPS) is 20.9. The van der Waals surface area contributed by atoms with Gasteiger partial charge < -0.3 is 14.7 Å².